The van der Waals surface area contributed by atoms with E-state index < -0.39 is 6.37 Å². The molecule has 6 aromatic carbocycles. The molecule has 1 radical (unpaired) electrons. The fraction of sp³-hybridized carbons (Fsp3) is 0.0213. The van der Waals surface area contributed by atoms with Crippen molar-refractivity contribution >= 4 is 43.9 Å². The summed E-state index contributed by atoms with van der Waals surface area (Å²) in [5, 5.41) is 4.26. The van der Waals surface area contributed by atoms with Crippen LogP contribution in [0.15, 0.2) is 179 Å². The molecule has 4 nitrogen and oxygen atoms in total. The zero-order valence-electron chi connectivity index (χ0n) is 29.7. The molecule has 52 heavy (non-hydrogen) atoms. The molecule has 0 unspecified atom stereocenters. The van der Waals surface area contributed by atoms with Gasteiger partial charge in [0.05, 0.1) is 11.2 Å². The first-order chi connectivity index (χ1) is 26.1. The number of nitrogens with zero attached hydrogens (tertiary/aromatic N) is 2. The molecule has 0 aliphatic carbocycles. The van der Waals surface area contributed by atoms with Gasteiger partial charge in [-0.1, -0.05) is 137 Å². The van der Waals surface area contributed by atoms with Gasteiger partial charge in [-0.05, 0) is 52.7 Å². The number of fused-ring (bicyclic) bond motifs is 6. The minimum Gasteiger partial charge on any atom is -0.501 e. The van der Waals surface area contributed by atoms with Crippen LogP contribution in [0.25, 0.3) is 77.5 Å². The molecule has 251 valence electrons. The van der Waals surface area contributed by atoms with Crippen molar-refractivity contribution in [3.8, 4) is 33.6 Å². The first-order valence-corrected chi connectivity index (χ1v) is 16.7. The Morgan fingerprint density at radius 2 is 1.10 bits per heavy atom. The van der Waals surface area contributed by atoms with Crippen molar-refractivity contribution in [2.45, 2.75) is 6.37 Å². The molecule has 0 N–H and O–H groups in total. The monoisotopic (exact) mass is 849 g/mol. The van der Waals surface area contributed by atoms with Crippen LogP contribution in [0.3, 0.4) is 0 Å². The summed E-state index contributed by atoms with van der Waals surface area (Å²) in [6.45, 7) is 0. The van der Waals surface area contributed by atoms with Crippen LogP contribution in [0.2, 0.25) is 0 Å². The van der Waals surface area contributed by atoms with E-state index in [-0.39, 0.29) is 20.1 Å². The van der Waals surface area contributed by atoms with Gasteiger partial charge < -0.3 is 18.8 Å². The van der Waals surface area contributed by atoms with Gasteiger partial charge in [0, 0.05) is 51.6 Å². The molecule has 0 aliphatic rings. The molecule has 0 bridgehead atoms. The first-order valence-electron chi connectivity index (χ1n) is 17.7. The second-order valence-corrected chi connectivity index (χ2v) is 12.1. The summed E-state index contributed by atoms with van der Waals surface area (Å²) < 4.78 is 30.4. The summed E-state index contributed by atoms with van der Waals surface area (Å²) in [5.41, 5.74) is 9.22. The number of pyridine rings is 2. The van der Waals surface area contributed by atoms with E-state index in [1.807, 2.05) is 152 Å². The first kappa shape index (κ1) is 30.7. The maximum atomic E-state index is 9.11. The molecular formula is C47H30IrN2O2-2. The molecular weight excluding hydrogens is 817 g/mol. The molecule has 0 atom stereocenters. The number of hydrogen-bond donors (Lipinski definition) is 0. The Kier molecular flexibility index (Phi) is 8.62. The van der Waals surface area contributed by atoms with E-state index in [4.69, 9.17) is 16.6 Å². The third-order valence-corrected chi connectivity index (χ3v) is 8.90. The van der Waals surface area contributed by atoms with Gasteiger partial charge in [0.25, 0.3) is 0 Å². The largest absolute Gasteiger partial charge is 0.501 e. The molecule has 0 spiro atoms. The van der Waals surface area contributed by atoms with Crippen LogP contribution in [-0.2, 0) is 26.5 Å². The van der Waals surface area contributed by atoms with Crippen LogP contribution in [0.4, 0.5) is 0 Å². The molecule has 10 rings (SSSR count). The number of aromatic nitrogens is 2. The Labute approximate surface area is 317 Å². The molecule has 4 aromatic heterocycles. The van der Waals surface area contributed by atoms with Crippen molar-refractivity contribution in [3.63, 3.8) is 0 Å². The van der Waals surface area contributed by atoms with Crippen LogP contribution in [0, 0.1) is 12.1 Å². The summed E-state index contributed by atoms with van der Waals surface area (Å²) >= 11 is 0. The summed E-state index contributed by atoms with van der Waals surface area (Å²) in [7, 11) is 0. The fourth-order valence-corrected chi connectivity index (χ4v) is 6.49. The van der Waals surface area contributed by atoms with Gasteiger partial charge in [-0.15, -0.1) is 36.4 Å². The Bertz CT molecular complexity index is 2870. The number of para-hydroxylation sites is 2. The molecule has 5 heteroatoms. The summed E-state index contributed by atoms with van der Waals surface area (Å²) in [5.74, 6) is 0. The predicted molar refractivity (Wildman–Crippen MR) is 206 cm³/mol. The van der Waals surface area contributed by atoms with Gasteiger partial charge in [-0.2, -0.15) is 0 Å². The standard InChI is InChI=1S/C30H20NO.C17H10NO.Ir/c1-3-10-21(11-4-1)18-23-19-28(31-20-27(23)22-12-5-2-6-13-22)26-16-9-15-25-24-14-7-8-17-29(24)32-30(25)26;1-2-10-16-12(6-1)13-7-5-8-14(17(13)19-16)15-9-3-4-11-18-15;/h1-15,17,19-20H,18H2;1-7,9-11H;/q2*-1;/i18D2;;. The average Bonchev–Trinajstić information content (AvgIpc) is 3.81. The van der Waals surface area contributed by atoms with Crippen molar-refractivity contribution in [2.24, 2.45) is 0 Å². The summed E-state index contributed by atoms with van der Waals surface area (Å²) in [6.07, 6.45) is 1.81. The zero-order chi connectivity index (χ0) is 35.8. The maximum Gasteiger partial charge on any atom is 0.120 e. The van der Waals surface area contributed by atoms with Crippen molar-refractivity contribution in [3.05, 3.63) is 193 Å². The third-order valence-electron chi connectivity index (χ3n) is 8.90. The number of rotatable bonds is 5. The predicted octanol–water partition coefficient (Wildman–Crippen LogP) is 12.2. The number of furan rings is 2. The molecule has 4 heterocycles. The fourth-order valence-electron chi connectivity index (χ4n) is 6.49. The molecule has 0 fully saturated rings. The van der Waals surface area contributed by atoms with Crippen LogP contribution < -0.4 is 0 Å². The molecule has 0 amide bonds. The molecule has 10 aromatic rings. The van der Waals surface area contributed by atoms with E-state index >= 15 is 0 Å². The Morgan fingerprint density at radius 3 is 1.71 bits per heavy atom. The van der Waals surface area contributed by atoms with Crippen LogP contribution in [0.5, 0.6) is 0 Å². The van der Waals surface area contributed by atoms with E-state index in [0.29, 0.717) is 22.4 Å². The van der Waals surface area contributed by atoms with Gasteiger partial charge in [0.1, 0.15) is 11.2 Å². The maximum absolute atomic E-state index is 9.11. The topological polar surface area (TPSA) is 52.1 Å². The molecule has 0 saturated heterocycles. The SMILES string of the molecule is [2H]C([2H])(c1ccccc1)c1cc(-c2[c-]ccc3c2oc2ccccc23)ncc1-c1ccccc1.[Ir].[c-]1ccc2c(oc3ccccc32)c1-c1ccccn1. The third kappa shape index (κ3) is 6.33. The minimum absolute atomic E-state index is 0. The smallest absolute Gasteiger partial charge is 0.120 e. The van der Waals surface area contributed by atoms with Crippen molar-refractivity contribution in [2.75, 3.05) is 0 Å². The van der Waals surface area contributed by atoms with E-state index in [1.54, 1.807) is 12.4 Å². The normalized spacial score (nSPS) is 11.8. The zero-order valence-corrected chi connectivity index (χ0v) is 30.1. The second-order valence-electron chi connectivity index (χ2n) is 12.1. The van der Waals surface area contributed by atoms with E-state index in [2.05, 4.69) is 23.2 Å². The number of hydrogen-bond acceptors (Lipinski definition) is 4. The van der Waals surface area contributed by atoms with Crippen LogP contribution in [0.1, 0.15) is 13.9 Å². The van der Waals surface area contributed by atoms with Gasteiger partial charge in [-0.25, -0.2) is 0 Å². The Morgan fingerprint density at radius 1 is 0.538 bits per heavy atom. The van der Waals surface area contributed by atoms with E-state index in [9.17, 15) is 0 Å². The van der Waals surface area contributed by atoms with Crippen molar-refractivity contribution in [1.29, 1.82) is 0 Å². The minimum atomic E-state index is -1.73. The summed E-state index contributed by atoms with van der Waals surface area (Å²) in [4.78, 5) is 9.13. The van der Waals surface area contributed by atoms with E-state index in [0.717, 1.165) is 66.2 Å². The Balaban J connectivity index is 0.000000175. The Hall–Kier alpha value is -6.13. The van der Waals surface area contributed by atoms with Gasteiger partial charge >= 0.3 is 0 Å². The van der Waals surface area contributed by atoms with Gasteiger partial charge in [0.15, 0.2) is 0 Å². The molecule has 0 saturated carbocycles. The van der Waals surface area contributed by atoms with Crippen molar-refractivity contribution in [1.82, 2.24) is 9.97 Å². The van der Waals surface area contributed by atoms with E-state index in [1.165, 1.54) is 0 Å². The van der Waals surface area contributed by atoms with Crippen LogP contribution in [-0.4, -0.2) is 9.97 Å². The van der Waals surface area contributed by atoms with Gasteiger partial charge in [-0.3, -0.25) is 0 Å². The van der Waals surface area contributed by atoms with Crippen molar-refractivity contribution < 1.29 is 31.7 Å². The second kappa shape index (κ2) is 14.6. The molecule has 0 aliphatic heterocycles. The summed E-state index contributed by atoms with van der Waals surface area (Å²) in [6, 6.07) is 57.1. The van der Waals surface area contributed by atoms with Gasteiger partial charge in [0.2, 0.25) is 0 Å². The number of benzene rings is 6. The average molecular weight is 849 g/mol. The quantitative estimate of drug-likeness (QED) is 0.162. The van der Waals surface area contributed by atoms with Crippen LogP contribution >= 0.6 is 0 Å².